The highest BCUT2D eigenvalue weighted by molar-refractivity contribution is 5.92. The number of pyridine rings is 1. The Hall–Kier alpha value is -2.21. The first-order chi connectivity index (χ1) is 11.6. The molecule has 0 N–H and O–H groups in total. The Morgan fingerprint density at radius 2 is 2.00 bits per heavy atom. The third kappa shape index (κ3) is 4.00. The molecule has 1 aliphatic rings. The van der Waals surface area contributed by atoms with Crippen LogP contribution in [-0.2, 0) is 6.54 Å². The molecule has 6 nitrogen and oxygen atoms in total. The van der Waals surface area contributed by atoms with Gasteiger partial charge in [-0.05, 0) is 24.1 Å². The van der Waals surface area contributed by atoms with Crippen molar-refractivity contribution < 1.29 is 9.32 Å². The molecule has 128 valence electrons. The summed E-state index contributed by atoms with van der Waals surface area (Å²) in [5.41, 5.74) is 1.67. The van der Waals surface area contributed by atoms with Crippen molar-refractivity contribution in [1.82, 2.24) is 19.9 Å². The van der Waals surface area contributed by atoms with Crippen LogP contribution in [0.4, 0.5) is 0 Å². The van der Waals surface area contributed by atoms with Gasteiger partial charge < -0.3 is 9.42 Å². The average molecular weight is 328 g/mol. The smallest absolute Gasteiger partial charge is 0.276 e. The van der Waals surface area contributed by atoms with Gasteiger partial charge in [-0.3, -0.25) is 14.7 Å². The molecular formula is C18H24N4O2. The van der Waals surface area contributed by atoms with E-state index in [4.69, 9.17) is 4.52 Å². The molecule has 1 amide bonds. The summed E-state index contributed by atoms with van der Waals surface area (Å²) in [6, 6.07) is 5.85. The molecule has 1 aliphatic heterocycles. The highest BCUT2D eigenvalue weighted by Crippen LogP contribution is 2.17. The molecule has 0 aromatic carbocycles. The second-order valence-electron chi connectivity index (χ2n) is 6.55. The van der Waals surface area contributed by atoms with E-state index in [2.05, 4.69) is 15.0 Å². The SMILES string of the molecule is CC(C)c1cc(C(=O)N2CCCN(Cc3ccncc3)CC2)no1. The van der Waals surface area contributed by atoms with Gasteiger partial charge in [0.05, 0.1) is 0 Å². The molecule has 3 rings (SSSR count). The zero-order valence-corrected chi connectivity index (χ0v) is 14.3. The summed E-state index contributed by atoms with van der Waals surface area (Å²) in [5.74, 6) is 0.961. The van der Waals surface area contributed by atoms with Crippen LogP contribution in [0.25, 0.3) is 0 Å². The van der Waals surface area contributed by atoms with Gasteiger partial charge in [0.25, 0.3) is 5.91 Å². The molecule has 0 bridgehead atoms. The van der Waals surface area contributed by atoms with Crippen molar-refractivity contribution >= 4 is 5.91 Å². The number of hydrogen-bond donors (Lipinski definition) is 0. The molecule has 1 fully saturated rings. The molecule has 0 spiro atoms. The Morgan fingerprint density at radius 3 is 2.71 bits per heavy atom. The van der Waals surface area contributed by atoms with Crippen LogP contribution >= 0.6 is 0 Å². The lowest BCUT2D eigenvalue weighted by atomic mass is 10.1. The van der Waals surface area contributed by atoms with E-state index in [1.165, 1.54) is 5.56 Å². The lowest BCUT2D eigenvalue weighted by Gasteiger charge is -2.21. The lowest BCUT2D eigenvalue weighted by molar-refractivity contribution is 0.0750. The van der Waals surface area contributed by atoms with Gasteiger partial charge in [-0.15, -0.1) is 0 Å². The Labute approximate surface area is 142 Å². The molecule has 1 saturated heterocycles. The Kier molecular flexibility index (Phi) is 5.25. The fourth-order valence-corrected chi connectivity index (χ4v) is 2.90. The first kappa shape index (κ1) is 16.6. The quantitative estimate of drug-likeness (QED) is 0.863. The third-order valence-electron chi connectivity index (χ3n) is 4.35. The lowest BCUT2D eigenvalue weighted by Crippen LogP contribution is -2.35. The van der Waals surface area contributed by atoms with Gasteiger partial charge in [-0.25, -0.2) is 0 Å². The first-order valence-corrected chi connectivity index (χ1v) is 8.50. The minimum Gasteiger partial charge on any atom is -0.360 e. The number of nitrogens with zero attached hydrogens (tertiary/aromatic N) is 4. The number of rotatable bonds is 4. The summed E-state index contributed by atoms with van der Waals surface area (Å²) in [6.45, 7) is 8.27. The van der Waals surface area contributed by atoms with E-state index in [1.807, 2.05) is 43.3 Å². The summed E-state index contributed by atoms with van der Waals surface area (Å²) < 4.78 is 5.26. The molecular weight excluding hydrogens is 304 g/mol. The van der Waals surface area contributed by atoms with Crippen LogP contribution in [0, 0.1) is 0 Å². The predicted octanol–water partition coefficient (Wildman–Crippen LogP) is 2.54. The van der Waals surface area contributed by atoms with E-state index in [0.29, 0.717) is 12.2 Å². The van der Waals surface area contributed by atoms with Crippen LogP contribution in [0.2, 0.25) is 0 Å². The maximum Gasteiger partial charge on any atom is 0.276 e. The monoisotopic (exact) mass is 328 g/mol. The van der Waals surface area contributed by atoms with Gasteiger partial charge in [0.2, 0.25) is 0 Å². The summed E-state index contributed by atoms with van der Waals surface area (Å²) in [4.78, 5) is 20.9. The minimum atomic E-state index is -0.0311. The van der Waals surface area contributed by atoms with Crippen LogP contribution in [0.5, 0.6) is 0 Å². The Morgan fingerprint density at radius 1 is 1.21 bits per heavy atom. The van der Waals surface area contributed by atoms with Gasteiger partial charge in [0.1, 0.15) is 5.76 Å². The number of carbonyl (C=O) groups excluding carboxylic acids is 1. The summed E-state index contributed by atoms with van der Waals surface area (Å²) in [7, 11) is 0. The highest BCUT2D eigenvalue weighted by Gasteiger charge is 2.23. The van der Waals surface area contributed by atoms with Crippen molar-refractivity contribution in [3.05, 3.63) is 47.6 Å². The van der Waals surface area contributed by atoms with Gasteiger partial charge in [0.15, 0.2) is 5.69 Å². The van der Waals surface area contributed by atoms with Crippen LogP contribution < -0.4 is 0 Å². The van der Waals surface area contributed by atoms with E-state index in [0.717, 1.165) is 38.4 Å². The second-order valence-corrected chi connectivity index (χ2v) is 6.55. The summed E-state index contributed by atoms with van der Waals surface area (Å²) in [5, 5.41) is 3.94. The topological polar surface area (TPSA) is 62.5 Å². The van der Waals surface area contributed by atoms with Gasteiger partial charge >= 0.3 is 0 Å². The molecule has 0 unspecified atom stereocenters. The van der Waals surface area contributed by atoms with Crippen LogP contribution in [-0.4, -0.2) is 52.0 Å². The van der Waals surface area contributed by atoms with Crippen molar-refractivity contribution in [2.75, 3.05) is 26.2 Å². The molecule has 24 heavy (non-hydrogen) atoms. The molecule has 2 aromatic heterocycles. The molecule has 0 radical (unpaired) electrons. The highest BCUT2D eigenvalue weighted by atomic mass is 16.5. The minimum absolute atomic E-state index is 0.0311. The summed E-state index contributed by atoms with van der Waals surface area (Å²) >= 11 is 0. The Bertz CT molecular complexity index is 669. The number of amides is 1. The standard InChI is InChI=1S/C18H24N4O2/c1-14(2)17-12-16(20-24-17)18(23)22-9-3-8-21(10-11-22)13-15-4-6-19-7-5-15/h4-7,12,14H,3,8-11,13H2,1-2H3. The van der Waals surface area contributed by atoms with Gasteiger partial charge in [-0.1, -0.05) is 19.0 Å². The van der Waals surface area contributed by atoms with Crippen molar-refractivity contribution in [1.29, 1.82) is 0 Å². The summed E-state index contributed by atoms with van der Waals surface area (Å²) in [6.07, 6.45) is 4.60. The maximum absolute atomic E-state index is 12.6. The molecule has 0 atom stereocenters. The normalized spacial score (nSPS) is 16.4. The van der Waals surface area contributed by atoms with Crippen molar-refractivity contribution in [3.63, 3.8) is 0 Å². The van der Waals surface area contributed by atoms with Gasteiger partial charge in [0, 0.05) is 57.1 Å². The molecule has 2 aromatic rings. The van der Waals surface area contributed by atoms with E-state index in [9.17, 15) is 4.79 Å². The van der Waals surface area contributed by atoms with Crippen LogP contribution in [0.15, 0.2) is 35.1 Å². The first-order valence-electron chi connectivity index (χ1n) is 8.50. The van der Waals surface area contributed by atoms with Gasteiger partial charge in [-0.2, -0.15) is 0 Å². The maximum atomic E-state index is 12.6. The molecule has 0 saturated carbocycles. The fraction of sp³-hybridized carbons (Fsp3) is 0.500. The van der Waals surface area contributed by atoms with Crippen molar-refractivity contribution in [2.24, 2.45) is 0 Å². The van der Waals surface area contributed by atoms with Crippen LogP contribution in [0.1, 0.15) is 48.0 Å². The Balaban J connectivity index is 1.59. The van der Waals surface area contributed by atoms with E-state index >= 15 is 0 Å². The van der Waals surface area contributed by atoms with E-state index in [1.54, 1.807) is 6.07 Å². The zero-order valence-electron chi connectivity index (χ0n) is 14.3. The number of hydrogen-bond acceptors (Lipinski definition) is 5. The van der Waals surface area contributed by atoms with E-state index < -0.39 is 0 Å². The third-order valence-corrected chi connectivity index (χ3v) is 4.35. The fourth-order valence-electron chi connectivity index (χ4n) is 2.90. The molecule has 6 heteroatoms. The molecule has 0 aliphatic carbocycles. The van der Waals surface area contributed by atoms with Crippen molar-refractivity contribution in [2.45, 2.75) is 32.7 Å². The zero-order chi connectivity index (χ0) is 16.9. The van der Waals surface area contributed by atoms with Crippen molar-refractivity contribution in [3.8, 4) is 0 Å². The average Bonchev–Trinajstić information content (AvgIpc) is 2.97. The largest absolute Gasteiger partial charge is 0.360 e. The van der Waals surface area contributed by atoms with E-state index in [-0.39, 0.29) is 11.8 Å². The predicted molar refractivity (Wildman–Crippen MR) is 90.6 cm³/mol. The molecule has 3 heterocycles. The number of aromatic nitrogens is 2. The second kappa shape index (κ2) is 7.57. The van der Waals surface area contributed by atoms with Crippen LogP contribution in [0.3, 0.4) is 0 Å². The number of carbonyl (C=O) groups is 1.